The number of carbonyl (C=O) groups is 4. The molecule has 0 fully saturated rings. The zero-order chi connectivity index (χ0) is 24.4. The number of aliphatic carboxylic acids is 4. The average molecular weight is 447 g/mol. The van der Waals surface area contributed by atoms with E-state index in [-0.39, 0.29) is 12.8 Å². The first kappa shape index (κ1) is 31.1. The third-order valence-electron chi connectivity index (χ3n) is 5.32. The summed E-state index contributed by atoms with van der Waals surface area (Å²) < 4.78 is 0. The molecule has 0 aliphatic rings. The van der Waals surface area contributed by atoms with E-state index in [2.05, 4.69) is 13.8 Å². The van der Waals surface area contributed by atoms with Crippen LogP contribution in [0.4, 0.5) is 0 Å². The van der Waals surface area contributed by atoms with Gasteiger partial charge in [0.05, 0.1) is 24.2 Å². The van der Waals surface area contributed by atoms with E-state index in [1.807, 2.05) is 13.8 Å². The van der Waals surface area contributed by atoms with Crippen molar-refractivity contribution in [2.75, 3.05) is 0 Å². The van der Waals surface area contributed by atoms with Crippen molar-refractivity contribution >= 4 is 23.9 Å². The van der Waals surface area contributed by atoms with Gasteiger partial charge in [0.1, 0.15) is 0 Å². The molecule has 0 spiro atoms. The van der Waals surface area contributed by atoms with Crippen LogP contribution in [0, 0.1) is 17.3 Å². The molecule has 31 heavy (non-hydrogen) atoms. The maximum absolute atomic E-state index is 11.5. The molecule has 0 bridgehead atoms. The topological polar surface area (TPSA) is 149 Å². The second-order valence-corrected chi connectivity index (χ2v) is 8.67. The summed E-state index contributed by atoms with van der Waals surface area (Å²) in [5.74, 6) is -4.34. The summed E-state index contributed by atoms with van der Waals surface area (Å²) in [6.07, 6.45) is 7.16. The first-order valence-corrected chi connectivity index (χ1v) is 11.3. The molecule has 0 radical (unpaired) electrons. The van der Waals surface area contributed by atoms with Crippen molar-refractivity contribution in [1.29, 1.82) is 0 Å². The lowest BCUT2D eigenvalue weighted by atomic mass is 9.75. The van der Waals surface area contributed by atoms with Crippen LogP contribution in [0.2, 0.25) is 0 Å². The molecule has 4 N–H and O–H groups in total. The van der Waals surface area contributed by atoms with Crippen LogP contribution in [0.25, 0.3) is 0 Å². The predicted octanol–water partition coefficient (Wildman–Crippen LogP) is 5.29. The normalized spacial score (nSPS) is 12.0. The number of hydrogen-bond acceptors (Lipinski definition) is 4. The Bertz CT molecular complexity index is 532. The number of unbranched alkanes of at least 4 members (excludes halogenated alkanes) is 4. The molecule has 0 amide bonds. The Kier molecular flexibility index (Phi) is 17.6. The molecule has 0 aromatic carbocycles. The largest absolute Gasteiger partial charge is 0.481 e. The fraction of sp³-hybridized carbons (Fsp3) is 0.826. The Hall–Kier alpha value is -2.12. The van der Waals surface area contributed by atoms with Crippen molar-refractivity contribution in [3.63, 3.8) is 0 Å². The van der Waals surface area contributed by atoms with E-state index in [1.54, 1.807) is 0 Å². The summed E-state index contributed by atoms with van der Waals surface area (Å²) in [6.45, 7) is 8.08. The number of carboxylic acid groups (broad SMARTS) is 4. The van der Waals surface area contributed by atoms with Crippen molar-refractivity contribution in [3.05, 3.63) is 0 Å². The highest BCUT2D eigenvalue weighted by Gasteiger charge is 2.39. The number of carboxylic acids is 4. The van der Waals surface area contributed by atoms with E-state index >= 15 is 0 Å². The molecule has 8 heteroatoms. The minimum Gasteiger partial charge on any atom is -0.481 e. The second kappa shape index (κ2) is 17.5. The highest BCUT2D eigenvalue weighted by atomic mass is 16.4. The average Bonchev–Trinajstić information content (AvgIpc) is 2.64. The van der Waals surface area contributed by atoms with Crippen LogP contribution < -0.4 is 0 Å². The fourth-order valence-electron chi connectivity index (χ4n) is 3.37. The molecule has 0 aromatic rings. The molecule has 0 aliphatic carbocycles. The Morgan fingerprint density at radius 1 is 0.742 bits per heavy atom. The summed E-state index contributed by atoms with van der Waals surface area (Å²) in [7, 11) is 0. The summed E-state index contributed by atoms with van der Waals surface area (Å²) in [5, 5.41) is 35.5. The molecule has 0 heterocycles. The van der Waals surface area contributed by atoms with Gasteiger partial charge in [0.25, 0.3) is 0 Å². The van der Waals surface area contributed by atoms with Gasteiger partial charge >= 0.3 is 23.9 Å². The Balaban J connectivity index is 0. The number of hydrogen-bond donors (Lipinski definition) is 4. The quantitative estimate of drug-likeness (QED) is 0.220. The SMILES string of the molecule is CC(C)CCC(CC(=O)O)C(=O)O.CCCCCC(CCCCC)(CC(=O)O)C(=O)O. The van der Waals surface area contributed by atoms with Crippen LogP contribution >= 0.6 is 0 Å². The molecule has 1 unspecified atom stereocenters. The van der Waals surface area contributed by atoms with E-state index < -0.39 is 35.2 Å². The molecular weight excluding hydrogens is 404 g/mol. The monoisotopic (exact) mass is 446 g/mol. The molecule has 0 rings (SSSR count). The second-order valence-electron chi connectivity index (χ2n) is 8.67. The maximum Gasteiger partial charge on any atom is 0.310 e. The Labute approximate surface area is 186 Å². The van der Waals surface area contributed by atoms with Crippen molar-refractivity contribution in [2.45, 2.75) is 105 Å². The van der Waals surface area contributed by atoms with Gasteiger partial charge in [-0.3, -0.25) is 19.2 Å². The lowest BCUT2D eigenvalue weighted by molar-refractivity contribution is -0.157. The van der Waals surface area contributed by atoms with E-state index in [4.69, 9.17) is 15.3 Å². The van der Waals surface area contributed by atoms with E-state index in [0.29, 0.717) is 25.2 Å². The van der Waals surface area contributed by atoms with E-state index in [9.17, 15) is 24.3 Å². The Morgan fingerprint density at radius 3 is 1.52 bits per heavy atom. The minimum absolute atomic E-state index is 0.254. The van der Waals surface area contributed by atoms with Crippen LogP contribution in [-0.4, -0.2) is 44.3 Å². The molecule has 1 atom stereocenters. The van der Waals surface area contributed by atoms with Gasteiger partial charge in [-0.25, -0.2) is 0 Å². The van der Waals surface area contributed by atoms with E-state index in [0.717, 1.165) is 44.9 Å². The molecule has 182 valence electrons. The molecular formula is C23H42O8. The molecule has 0 saturated heterocycles. The van der Waals surface area contributed by atoms with Crippen molar-refractivity contribution in [2.24, 2.45) is 17.3 Å². The van der Waals surface area contributed by atoms with Gasteiger partial charge in [-0.1, -0.05) is 72.6 Å². The molecule has 0 aromatic heterocycles. The van der Waals surface area contributed by atoms with Crippen LogP contribution in [-0.2, 0) is 19.2 Å². The van der Waals surface area contributed by atoms with Gasteiger partial charge < -0.3 is 20.4 Å². The summed E-state index contributed by atoms with van der Waals surface area (Å²) in [4.78, 5) is 43.3. The molecule has 0 saturated carbocycles. The standard InChI is InChI=1S/C14H26O4.C9H16O4/c1-3-5-7-9-14(13(17)18,11-12(15)16)10-8-6-4-2;1-6(2)3-4-7(9(12)13)5-8(10)11/h3-11H2,1-2H3,(H,15,16)(H,17,18);6-7H,3-5H2,1-2H3,(H,10,11)(H,12,13). The first-order chi connectivity index (χ1) is 14.4. The van der Waals surface area contributed by atoms with E-state index in [1.165, 1.54) is 0 Å². The molecule has 8 nitrogen and oxygen atoms in total. The zero-order valence-corrected chi connectivity index (χ0v) is 19.6. The third-order valence-corrected chi connectivity index (χ3v) is 5.32. The third kappa shape index (κ3) is 16.3. The maximum atomic E-state index is 11.5. The Morgan fingerprint density at radius 2 is 1.23 bits per heavy atom. The minimum atomic E-state index is -1.06. The van der Waals surface area contributed by atoms with Crippen LogP contribution in [0.15, 0.2) is 0 Å². The first-order valence-electron chi connectivity index (χ1n) is 11.3. The highest BCUT2D eigenvalue weighted by molar-refractivity contribution is 5.81. The lowest BCUT2D eigenvalue weighted by Gasteiger charge is -2.28. The lowest BCUT2D eigenvalue weighted by Crippen LogP contribution is -2.33. The van der Waals surface area contributed by atoms with Crippen molar-refractivity contribution < 1.29 is 39.6 Å². The van der Waals surface area contributed by atoms with Crippen molar-refractivity contribution in [1.82, 2.24) is 0 Å². The van der Waals surface area contributed by atoms with Crippen LogP contribution in [0.3, 0.4) is 0 Å². The number of rotatable bonds is 17. The van der Waals surface area contributed by atoms with Gasteiger partial charge in [0, 0.05) is 0 Å². The summed E-state index contributed by atoms with van der Waals surface area (Å²) >= 11 is 0. The predicted molar refractivity (Wildman–Crippen MR) is 118 cm³/mol. The van der Waals surface area contributed by atoms with Gasteiger partial charge in [-0.2, -0.15) is 0 Å². The van der Waals surface area contributed by atoms with Gasteiger partial charge in [0.2, 0.25) is 0 Å². The van der Waals surface area contributed by atoms with Crippen LogP contribution in [0.5, 0.6) is 0 Å². The van der Waals surface area contributed by atoms with Crippen molar-refractivity contribution in [3.8, 4) is 0 Å². The summed E-state index contributed by atoms with van der Waals surface area (Å²) in [5.41, 5.74) is -1.06. The van der Waals surface area contributed by atoms with Gasteiger partial charge in [0.15, 0.2) is 0 Å². The van der Waals surface area contributed by atoms with Crippen LogP contribution in [0.1, 0.15) is 105 Å². The summed E-state index contributed by atoms with van der Waals surface area (Å²) in [6, 6.07) is 0. The van der Waals surface area contributed by atoms with Gasteiger partial charge in [-0.05, 0) is 25.2 Å². The zero-order valence-electron chi connectivity index (χ0n) is 19.6. The highest BCUT2D eigenvalue weighted by Crippen LogP contribution is 2.35. The van der Waals surface area contributed by atoms with Gasteiger partial charge in [-0.15, -0.1) is 0 Å². The smallest absolute Gasteiger partial charge is 0.310 e. The molecule has 0 aliphatic heterocycles. The fourth-order valence-corrected chi connectivity index (χ4v) is 3.37.